The maximum absolute atomic E-state index is 14.1. The summed E-state index contributed by atoms with van der Waals surface area (Å²) in [4.78, 5) is 2.24. The van der Waals surface area contributed by atoms with Crippen LogP contribution in [0.2, 0.25) is 0 Å². The standard InChI is InChI=1S/C18H22F2N4O2S/c1-27(25,26)24-9-11-8-23(10-18(11)22-24)13-3-4-14(17(21)7-13)15-6-12(19)2-5-16(15)20/h2,5-6,9,13-14,17H,3-4,7-8,10,21H2,1H3/t13-,14-,17+/m1/s1. The number of nitrogens with two attached hydrogens (primary N) is 1. The Labute approximate surface area is 157 Å². The molecule has 0 amide bonds. The van der Waals surface area contributed by atoms with Crippen molar-refractivity contribution in [3.8, 4) is 0 Å². The number of hydrogen-bond donors (Lipinski definition) is 1. The fraction of sp³-hybridized carbons (Fsp3) is 0.500. The topological polar surface area (TPSA) is 81.2 Å². The van der Waals surface area contributed by atoms with Gasteiger partial charge in [0.05, 0.1) is 11.9 Å². The van der Waals surface area contributed by atoms with Gasteiger partial charge in [-0.15, -0.1) is 0 Å². The van der Waals surface area contributed by atoms with Gasteiger partial charge in [0.15, 0.2) is 0 Å². The van der Waals surface area contributed by atoms with Gasteiger partial charge < -0.3 is 5.73 Å². The first-order chi connectivity index (χ1) is 12.7. The Balaban J connectivity index is 1.44. The van der Waals surface area contributed by atoms with E-state index in [4.69, 9.17) is 5.73 Å². The Bertz CT molecular complexity index is 952. The lowest BCUT2D eigenvalue weighted by Crippen LogP contribution is -2.44. The smallest absolute Gasteiger partial charge is 0.250 e. The minimum Gasteiger partial charge on any atom is -0.327 e. The molecular formula is C18H22F2N4O2S. The zero-order valence-corrected chi connectivity index (χ0v) is 15.8. The molecule has 2 aliphatic rings. The average Bonchev–Trinajstić information content (AvgIpc) is 3.16. The monoisotopic (exact) mass is 396 g/mol. The summed E-state index contributed by atoms with van der Waals surface area (Å²) in [5.41, 5.74) is 8.37. The van der Waals surface area contributed by atoms with Gasteiger partial charge in [-0.25, -0.2) is 17.2 Å². The highest BCUT2D eigenvalue weighted by Crippen LogP contribution is 2.37. The van der Waals surface area contributed by atoms with Crippen molar-refractivity contribution >= 4 is 10.0 Å². The molecule has 2 heterocycles. The van der Waals surface area contributed by atoms with E-state index in [0.717, 1.165) is 40.2 Å². The van der Waals surface area contributed by atoms with Gasteiger partial charge in [-0.05, 0) is 43.0 Å². The molecule has 1 aliphatic carbocycles. The second kappa shape index (κ2) is 6.65. The molecule has 0 saturated heterocycles. The van der Waals surface area contributed by atoms with Gasteiger partial charge in [0, 0.05) is 42.9 Å². The fourth-order valence-corrected chi connectivity index (χ4v) is 4.84. The molecule has 0 radical (unpaired) electrons. The van der Waals surface area contributed by atoms with Crippen LogP contribution in [0.5, 0.6) is 0 Å². The first-order valence-electron chi connectivity index (χ1n) is 8.95. The van der Waals surface area contributed by atoms with Crippen LogP contribution in [0.25, 0.3) is 0 Å². The summed E-state index contributed by atoms with van der Waals surface area (Å²) in [6, 6.07) is 3.48. The largest absolute Gasteiger partial charge is 0.327 e. The van der Waals surface area contributed by atoms with Crippen LogP contribution < -0.4 is 5.73 Å². The molecule has 0 spiro atoms. The highest BCUT2D eigenvalue weighted by molar-refractivity contribution is 7.89. The van der Waals surface area contributed by atoms with E-state index >= 15 is 0 Å². The second-order valence-corrected chi connectivity index (χ2v) is 9.38. The quantitative estimate of drug-likeness (QED) is 0.858. The molecule has 6 nitrogen and oxygen atoms in total. The van der Waals surface area contributed by atoms with Crippen molar-refractivity contribution in [2.24, 2.45) is 5.73 Å². The highest BCUT2D eigenvalue weighted by Gasteiger charge is 2.36. The summed E-state index contributed by atoms with van der Waals surface area (Å²) < 4.78 is 51.8. The van der Waals surface area contributed by atoms with Crippen LogP contribution in [-0.2, 0) is 23.1 Å². The molecule has 1 aliphatic heterocycles. The van der Waals surface area contributed by atoms with Crippen molar-refractivity contribution < 1.29 is 17.2 Å². The Morgan fingerprint density at radius 1 is 1.22 bits per heavy atom. The maximum atomic E-state index is 14.1. The third kappa shape index (κ3) is 3.51. The lowest BCUT2D eigenvalue weighted by atomic mass is 9.77. The Kier molecular flexibility index (Phi) is 4.56. The third-order valence-electron chi connectivity index (χ3n) is 5.67. The summed E-state index contributed by atoms with van der Waals surface area (Å²) in [6.07, 6.45) is 4.88. The molecule has 4 rings (SSSR count). The van der Waals surface area contributed by atoms with Gasteiger partial charge in [0.1, 0.15) is 11.6 Å². The van der Waals surface area contributed by atoms with Gasteiger partial charge in [-0.2, -0.15) is 9.19 Å². The van der Waals surface area contributed by atoms with Gasteiger partial charge in [-0.1, -0.05) is 0 Å². The molecule has 3 atom stereocenters. The van der Waals surface area contributed by atoms with E-state index in [-0.39, 0.29) is 18.0 Å². The number of halogens is 2. The fourth-order valence-electron chi connectivity index (χ4n) is 4.28. The van der Waals surface area contributed by atoms with Crippen LogP contribution in [0.1, 0.15) is 42.0 Å². The normalized spacial score (nSPS) is 26.3. The van der Waals surface area contributed by atoms with E-state index < -0.39 is 21.7 Å². The van der Waals surface area contributed by atoms with Crippen LogP contribution in [0.4, 0.5) is 8.78 Å². The minimum absolute atomic E-state index is 0.198. The molecule has 1 fully saturated rings. The molecule has 2 N–H and O–H groups in total. The molecule has 1 saturated carbocycles. The number of rotatable bonds is 3. The minimum atomic E-state index is -3.38. The summed E-state index contributed by atoms with van der Waals surface area (Å²) in [6.45, 7) is 1.20. The Morgan fingerprint density at radius 2 is 2.00 bits per heavy atom. The van der Waals surface area contributed by atoms with Gasteiger partial charge >= 0.3 is 0 Å². The lowest BCUT2D eigenvalue weighted by Gasteiger charge is -2.38. The van der Waals surface area contributed by atoms with Gasteiger partial charge in [-0.3, -0.25) is 4.90 Å². The maximum Gasteiger partial charge on any atom is 0.250 e. The summed E-state index contributed by atoms with van der Waals surface area (Å²) >= 11 is 0. The van der Waals surface area contributed by atoms with Gasteiger partial charge in [0.25, 0.3) is 10.0 Å². The summed E-state index contributed by atoms with van der Waals surface area (Å²) in [5, 5.41) is 4.17. The Morgan fingerprint density at radius 3 is 2.67 bits per heavy atom. The van der Waals surface area contributed by atoms with E-state index in [0.29, 0.717) is 31.5 Å². The van der Waals surface area contributed by atoms with Crippen LogP contribution in [-0.4, -0.2) is 40.8 Å². The zero-order valence-electron chi connectivity index (χ0n) is 15.0. The van der Waals surface area contributed by atoms with E-state index in [9.17, 15) is 17.2 Å². The van der Waals surface area contributed by atoms with Crippen molar-refractivity contribution in [3.05, 3.63) is 52.9 Å². The van der Waals surface area contributed by atoms with Crippen molar-refractivity contribution in [3.63, 3.8) is 0 Å². The molecule has 2 aromatic rings. The number of aromatic nitrogens is 2. The van der Waals surface area contributed by atoms with E-state index in [2.05, 4.69) is 10.00 Å². The second-order valence-electron chi connectivity index (χ2n) is 7.54. The molecule has 1 aromatic heterocycles. The molecular weight excluding hydrogens is 374 g/mol. The van der Waals surface area contributed by atoms with Crippen LogP contribution in [0, 0.1) is 11.6 Å². The molecule has 1 aromatic carbocycles. The number of fused-ring (bicyclic) bond motifs is 1. The number of hydrogen-bond acceptors (Lipinski definition) is 5. The first kappa shape index (κ1) is 18.5. The molecule has 9 heteroatoms. The average molecular weight is 396 g/mol. The van der Waals surface area contributed by atoms with Crippen LogP contribution >= 0.6 is 0 Å². The van der Waals surface area contributed by atoms with Gasteiger partial charge in [0.2, 0.25) is 0 Å². The van der Waals surface area contributed by atoms with E-state index in [1.165, 1.54) is 6.07 Å². The first-order valence-corrected chi connectivity index (χ1v) is 10.8. The Hall–Kier alpha value is -1.84. The molecule has 27 heavy (non-hydrogen) atoms. The van der Waals surface area contributed by atoms with Crippen molar-refractivity contribution in [2.45, 2.75) is 50.4 Å². The predicted molar refractivity (Wildman–Crippen MR) is 96.4 cm³/mol. The third-order valence-corrected chi connectivity index (χ3v) is 6.53. The van der Waals surface area contributed by atoms with E-state index in [1.54, 1.807) is 6.20 Å². The molecule has 146 valence electrons. The zero-order chi connectivity index (χ0) is 19.3. The summed E-state index contributed by atoms with van der Waals surface area (Å²) in [5.74, 6) is -1.06. The number of nitrogens with zero attached hydrogens (tertiary/aromatic N) is 3. The van der Waals surface area contributed by atoms with Crippen molar-refractivity contribution in [1.82, 2.24) is 14.1 Å². The van der Waals surface area contributed by atoms with Crippen molar-refractivity contribution in [1.29, 1.82) is 0 Å². The van der Waals surface area contributed by atoms with Crippen molar-refractivity contribution in [2.75, 3.05) is 6.26 Å². The predicted octanol–water partition coefficient (Wildman–Crippen LogP) is 1.95. The highest BCUT2D eigenvalue weighted by atomic mass is 32.2. The molecule has 0 bridgehead atoms. The SMILES string of the molecule is CS(=O)(=O)n1cc2c(n1)CN([C@@H]1CC[C@H](c3cc(F)ccc3F)[C@@H](N)C1)C2. The lowest BCUT2D eigenvalue weighted by molar-refractivity contribution is 0.136. The number of benzene rings is 1. The summed E-state index contributed by atoms with van der Waals surface area (Å²) in [7, 11) is -3.38. The van der Waals surface area contributed by atoms with E-state index in [1.807, 2.05) is 0 Å². The van der Waals surface area contributed by atoms with Crippen LogP contribution in [0.15, 0.2) is 24.4 Å². The van der Waals surface area contributed by atoms with Crippen LogP contribution in [0.3, 0.4) is 0 Å². The molecule has 0 unspecified atom stereocenters.